The second-order valence-electron chi connectivity index (χ2n) is 8.86. The summed E-state index contributed by atoms with van der Waals surface area (Å²) >= 11 is 0. The third kappa shape index (κ3) is 3.55. The Morgan fingerprint density at radius 2 is 1.96 bits per heavy atom. The van der Waals surface area contributed by atoms with Gasteiger partial charge in [0.2, 0.25) is 5.91 Å². The van der Waals surface area contributed by atoms with E-state index in [0.717, 1.165) is 64.6 Å². The molecule has 4 aliphatic rings. The third-order valence-electron chi connectivity index (χ3n) is 7.57. The lowest BCUT2D eigenvalue weighted by molar-refractivity contribution is -0.176. The Balaban J connectivity index is 1.31. The first-order valence-corrected chi connectivity index (χ1v) is 11.0. The number of rotatable bonds is 5. The van der Waals surface area contributed by atoms with Gasteiger partial charge < -0.3 is 14.8 Å². The van der Waals surface area contributed by atoms with Gasteiger partial charge in [-0.1, -0.05) is 19.3 Å². The molecule has 4 fully saturated rings. The standard InChI is InChI=1S/C21H36N2O3/c1-2-26-19-14-18(21(19)9-12-25-13-10-21)22-20(24)16-8-11-23(15-16)17-6-4-3-5-7-17/h16-19H,2-15H2,1H3,(H,22,24). The topological polar surface area (TPSA) is 50.8 Å². The molecule has 0 radical (unpaired) electrons. The summed E-state index contributed by atoms with van der Waals surface area (Å²) in [6, 6.07) is 1.01. The van der Waals surface area contributed by atoms with Gasteiger partial charge in [-0.25, -0.2) is 0 Å². The first-order valence-electron chi connectivity index (χ1n) is 11.0. The molecule has 2 heterocycles. The maximum Gasteiger partial charge on any atom is 0.224 e. The summed E-state index contributed by atoms with van der Waals surface area (Å²) in [5.41, 5.74) is 0.117. The maximum absolute atomic E-state index is 13.0. The quantitative estimate of drug-likeness (QED) is 0.815. The third-order valence-corrected chi connectivity index (χ3v) is 7.57. The second kappa shape index (κ2) is 8.15. The van der Waals surface area contributed by atoms with Crippen LogP contribution in [-0.2, 0) is 14.3 Å². The van der Waals surface area contributed by atoms with Crippen molar-refractivity contribution in [3.63, 3.8) is 0 Å². The van der Waals surface area contributed by atoms with E-state index in [9.17, 15) is 4.79 Å². The van der Waals surface area contributed by atoms with Gasteiger partial charge >= 0.3 is 0 Å². The van der Waals surface area contributed by atoms with Gasteiger partial charge in [-0.15, -0.1) is 0 Å². The fourth-order valence-corrected chi connectivity index (χ4v) is 5.88. The van der Waals surface area contributed by atoms with Gasteiger partial charge in [0.1, 0.15) is 0 Å². The van der Waals surface area contributed by atoms with Crippen LogP contribution in [0.4, 0.5) is 0 Å². The van der Waals surface area contributed by atoms with Crippen LogP contribution < -0.4 is 5.32 Å². The van der Waals surface area contributed by atoms with E-state index in [-0.39, 0.29) is 23.3 Å². The summed E-state index contributed by atoms with van der Waals surface area (Å²) in [6.45, 7) is 6.50. The van der Waals surface area contributed by atoms with Crippen LogP contribution >= 0.6 is 0 Å². The Hall–Kier alpha value is -0.650. The highest BCUT2D eigenvalue weighted by atomic mass is 16.5. The zero-order chi connectivity index (χ0) is 18.0. The van der Waals surface area contributed by atoms with E-state index in [1.807, 2.05) is 0 Å². The van der Waals surface area contributed by atoms with E-state index in [1.165, 1.54) is 32.1 Å². The average molecular weight is 365 g/mol. The molecule has 0 aromatic heterocycles. The number of likely N-dealkylation sites (tertiary alicyclic amines) is 1. The van der Waals surface area contributed by atoms with Crippen molar-refractivity contribution in [3.8, 4) is 0 Å². The van der Waals surface area contributed by atoms with Gasteiger partial charge in [0, 0.05) is 43.9 Å². The molecule has 0 aromatic carbocycles. The highest BCUT2D eigenvalue weighted by molar-refractivity contribution is 5.79. The molecule has 5 nitrogen and oxygen atoms in total. The normalized spacial score (nSPS) is 35.3. The first kappa shape index (κ1) is 18.7. The molecule has 1 spiro atoms. The van der Waals surface area contributed by atoms with Crippen LogP contribution in [0.1, 0.15) is 64.7 Å². The van der Waals surface area contributed by atoms with Crippen LogP contribution in [0.25, 0.3) is 0 Å². The molecule has 2 aliphatic carbocycles. The van der Waals surface area contributed by atoms with Crippen LogP contribution in [0.5, 0.6) is 0 Å². The predicted molar refractivity (Wildman–Crippen MR) is 101 cm³/mol. The van der Waals surface area contributed by atoms with Gasteiger partial charge in [0.15, 0.2) is 0 Å². The molecule has 2 aliphatic heterocycles. The zero-order valence-electron chi connectivity index (χ0n) is 16.4. The van der Waals surface area contributed by atoms with E-state index < -0.39 is 0 Å². The molecular formula is C21H36N2O3. The van der Waals surface area contributed by atoms with Crippen LogP contribution in [0.3, 0.4) is 0 Å². The summed E-state index contributed by atoms with van der Waals surface area (Å²) in [5, 5.41) is 3.43. The smallest absolute Gasteiger partial charge is 0.224 e. The van der Waals surface area contributed by atoms with E-state index in [4.69, 9.17) is 9.47 Å². The van der Waals surface area contributed by atoms with E-state index >= 15 is 0 Å². The summed E-state index contributed by atoms with van der Waals surface area (Å²) in [6.07, 6.45) is 11.1. The van der Waals surface area contributed by atoms with Crippen molar-refractivity contribution in [1.29, 1.82) is 0 Å². The van der Waals surface area contributed by atoms with E-state index in [2.05, 4.69) is 17.1 Å². The first-order chi connectivity index (χ1) is 12.7. The Morgan fingerprint density at radius 3 is 2.69 bits per heavy atom. The molecule has 2 saturated heterocycles. The van der Waals surface area contributed by atoms with Crippen molar-refractivity contribution in [2.75, 3.05) is 32.9 Å². The average Bonchev–Trinajstić information content (AvgIpc) is 3.19. The molecule has 1 N–H and O–H groups in total. The lowest BCUT2D eigenvalue weighted by Crippen LogP contribution is -2.67. The highest BCUT2D eigenvalue weighted by Gasteiger charge is 2.56. The monoisotopic (exact) mass is 364 g/mol. The summed E-state index contributed by atoms with van der Waals surface area (Å²) in [7, 11) is 0. The lowest BCUT2D eigenvalue weighted by atomic mass is 9.57. The molecule has 26 heavy (non-hydrogen) atoms. The fraction of sp³-hybridized carbons (Fsp3) is 0.952. The molecule has 3 atom stereocenters. The van der Waals surface area contributed by atoms with Crippen molar-refractivity contribution < 1.29 is 14.3 Å². The number of ether oxygens (including phenoxy) is 2. The van der Waals surface area contributed by atoms with Gasteiger partial charge in [0.25, 0.3) is 0 Å². The van der Waals surface area contributed by atoms with Gasteiger partial charge in [-0.05, 0) is 52.0 Å². The largest absolute Gasteiger partial charge is 0.381 e. The molecule has 5 heteroatoms. The molecule has 3 unspecified atom stereocenters. The number of hydrogen-bond acceptors (Lipinski definition) is 4. The molecule has 148 valence electrons. The van der Waals surface area contributed by atoms with Crippen LogP contribution in [0, 0.1) is 11.3 Å². The van der Waals surface area contributed by atoms with Gasteiger partial charge in [-0.2, -0.15) is 0 Å². The van der Waals surface area contributed by atoms with Crippen LogP contribution in [0.2, 0.25) is 0 Å². The minimum absolute atomic E-state index is 0.117. The Labute approximate surface area is 158 Å². The SMILES string of the molecule is CCOC1CC(NC(=O)C2CCN(C3CCCCC3)C2)C12CCOCC2. The Morgan fingerprint density at radius 1 is 1.19 bits per heavy atom. The summed E-state index contributed by atoms with van der Waals surface area (Å²) in [4.78, 5) is 15.6. The molecule has 2 saturated carbocycles. The van der Waals surface area contributed by atoms with Crippen molar-refractivity contribution in [2.45, 2.75) is 82.9 Å². The number of hydrogen-bond donors (Lipinski definition) is 1. The molecule has 0 bridgehead atoms. The van der Waals surface area contributed by atoms with Gasteiger partial charge in [0.05, 0.1) is 12.0 Å². The van der Waals surface area contributed by atoms with Gasteiger partial charge in [-0.3, -0.25) is 9.69 Å². The lowest BCUT2D eigenvalue weighted by Gasteiger charge is -2.57. The number of nitrogens with one attached hydrogen (secondary N) is 1. The maximum atomic E-state index is 13.0. The number of carbonyl (C=O) groups excluding carboxylic acids is 1. The zero-order valence-corrected chi connectivity index (χ0v) is 16.4. The minimum Gasteiger partial charge on any atom is -0.381 e. The van der Waals surface area contributed by atoms with E-state index in [1.54, 1.807) is 0 Å². The van der Waals surface area contributed by atoms with Crippen molar-refractivity contribution >= 4 is 5.91 Å². The Kier molecular flexibility index (Phi) is 5.87. The molecule has 1 amide bonds. The number of nitrogens with zero attached hydrogens (tertiary/aromatic N) is 1. The van der Waals surface area contributed by atoms with E-state index in [0.29, 0.717) is 6.10 Å². The highest BCUT2D eigenvalue weighted by Crippen LogP contribution is 2.50. The van der Waals surface area contributed by atoms with Crippen molar-refractivity contribution in [2.24, 2.45) is 11.3 Å². The number of amides is 1. The fourth-order valence-electron chi connectivity index (χ4n) is 5.88. The summed E-state index contributed by atoms with van der Waals surface area (Å²) in [5.74, 6) is 0.467. The Bertz CT molecular complexity index is 486. The van der Waals surface area contributed by atoms with Crippen LogP contribution in [0.15, 0.2) is 0 Å². The van der Waals surface area contributed by atoms with Crippen molar-refractivity contribution in [1.82, 2.24) is 10.2 Å². The minimum atomic E-state index is 0.117. The predicted octanol–water partition coefficient (Wildman–Crippen LogP) is 2.73. The molecular weight excluding hydrogens is 328 g/mol. The van der Waals surface area contributed by atoms with Crippen molar-refractivity contribution in [3.05, 3.63) is 0 Å². The van der Waals surface area contributed by atoms with Crippen LogP contribution in [-0.4, -0.2) is 61.9 Å². The second-order valence-corrected chi connectivity index (χ2v) is 8.86. The number of carbonyl (C=O) groups is 1. The molecule has 4 rings (SSSR count). The summed E-state index contributed by atoms with van der Waals surface area (Å²) < 4.78 is 11.6. The molecule has 0 aromatic rings.